The van der Waals surface area contributed by atoms with Crippen molar-refractivity contribution in [3.63, 3.8) is 0 Å². The topological polar surface area (TPSA) is 29.9 Å². The molecule has 1 N–H and O–H groups in total. The highest BCUT2D eigenvalue weighted by molar-refractivity contribution is 7.71. The Morgan fingerprint density at radius 3 is 2.86 bits per heavy atom. The minimum Gasteiger partial charge on any atom is -0.492 e. The highest BCUT2D eigenvalue weighted by Gasteiger charge is 2.12. The van der Waals surface area contributed by atoms with Crippen LogP contribution in [0.3, 0.4) is 0 Å². The summed E-state index contributed by atoms with van der Waals surface area (Å²) in [7, 11) is 0. The lowest BCUT2D eigenvalue weighted by Gasteiger charge is -2.09. The van der Waals surface area contributed by atoms with E-state index in [4.69, 9.17) is 17.0 Å². The Labute approximate surface area is 127 Å². The van der Waals surface area contributed by atoms with Crippen LogP contribution in [0.5, 0.6) is 5.75 Å². The Bertz CT molecular complexity index is 866. The number of fused-ring (bicyclic) bond motifs is 1. The number of aromatic amines is 1. The Morgan fingerprint density at radius 2 is 2.10 bits per heavy atom. The molecule has 2 aromatic carbocycles. The average Bonchev–Trinajstić information content (AvgIpc) is 2.79. The first-order valence-electron chi connectivity index (χ1n) is 6.75. The van der Waals surface area contributed by atoms with Crippen molar-refractivity contribution in [3.05, 3.63) is 52.5 Å². The van der Waals surface area contributed by atoms with Gasteiger partial charge in [-0.05, 0) is 55.9 Å². The number of halogens is 1. The fraction of sp³-hybridized carbons (Fsp3) is 0.188. The van der Waals surface area contributed by atoms with E-state index in [1.165, 1.54) is 12.1 Å². The molecular weight excluding hydrogens is 287 g/mol. The monoisotopic (exact) mass is 302 g/mol. The highest BCUT2D eigenvalue weighted by Crippen LogP contribution is 2.28. The zero-order chi connectivity index (χ0) is 15.0. The lowest BCUT2D eigenvalue weighted by molar-refractivity contribution is 0.343. The van der Waals surface area contributed by atoms with E-state index in [1.807, 2.05) is 36.6 Å². The van der Waals surface area contributed by atoms with Crippen LogP contribution in [0, 0.1) is 17.5 Å². The maximum absolute atomic E-state index is 13.6. The van der Waals surface area contributed by atoms with Crippen LogP contribution in [-0.4, -0.2) is 16.2 Å². The molecule has 0 aliphatic heterocycles. The smallest absolute Gasteiger partial charge is 0.182 e. The van der Waals surface area contributed by atoms with Crippen molar-refractivity contribution in [1.82, 2.24) is 9.55 Å². The summed E-state index contributed by atoms with van der Waals surface area (Å²) in [5.74, 6) is 0.460. The van der Waals surface area contributed by atoms with Gasteiger partial charge < -0.3 is 9.72 Å². The second-order valence-electron chi connectivity index (χ2n) is 4.78. The van der Waals surface area contributed by atoms with E-state index in [0.29, 0.717) is 11.4 Å². The van der Waals surface area contributed by atoms with Gasteiger partial charge in [-0.25, -0.2) is 4.39 Å². The van der Waals surface area contributed by atoms with Gasteiger partial charge in [0.05, 0.1) is 17.8 Å². The number of nitrogens with zero attached hydrogens (tertiary/aromatic N) is 1. The lowest BCUT2D eigenvalue weighted by Crippen LogP contribution is -1.98. The molecule has 0 bridgehead atoms. The molecule has 0 atom stereocenters. The molecule has 108 valence electrons. The molecule has 0 saturated heterocycles. The molecule has 1 heterocycles. The van der Waals surface area contributed by atoms with Crippen LogP contribution in [0.2, 0.25) is 0 Å². The van der Waals surface area contributed by atoms with Crippen LogP contribution in [-0.2, 0) is 0 Å². The third-order valence-corrected chi connectivity index (χ3v) is 3.68. The van der Waals surface area contributed by atoms with E-state index < -0.39 is 0 Å². The van der Waals surface area contributed by atoms with E-state index in [-0.39, 0.29) is 5.82 Å². The number of nitrogens with one attached hydrogen (secondary N) is 1. The van der Waals surface area contributed by atoms with Gasteiger partial charge in [-0.3, -0.25) is 4.57 Å². The number of aryl methyl sites for hydroxylation is 1. The third kappa shape index (κ3) is 2.34. The molecule has 21 heavy (non-hydrogen) atoms. The van der Waals surface area contributed by atoms with Crippen LogP contribution in [0.1, 0.15) is 12.5 Å². The standard InChI is InChI=1S/C16H15FN2OS/c1-3-20-14-6-4-5-12-15(14)18-16(21)19(12)13-9-11(17)8-7-10(13)2/h4-9H,3H2,1-2H3,(H,18,21). The number of imidazole rings is 1. The summed E-state index contributed by atoms with van der Waals surface area (Å²) in [5.41, 5.74) is 3.39. The van der Waals surface area contributed by atoms with Gasteiger partial charge in [0.1, 0.15) is 17.1 Å². The van der Waals surface area contributed by atoms with E-state index in [2.05, 4.69) is 4.98 Å². The molecular formula is C16H15FN2OS. The van der Waals surface area contributed by atoms with Gasteiger partial charge in [0.25, 0.3) is 0 Å². The first kappa shape index (κ1) is 13.8. The molecule has 0 aliphatic rings. The van der Waals surface area contributed by atoms with Crippen LogP contribution in [0.25, 0.3) is 16.7 Å². The summed E-state index contributed by atoms with van der Waals surface area (Å²) in [6, 6.07) is 10.4. The van der Waals surface area contributed by atoms with Gasteiger partial charge in [0.15, 0.2) is 4.77 Å². The molecule has 0 saturated carbocycles. The number of rotatable bonds is 3. The van der Waals surface area contributed by atoms with Gasteiger partial charge >= 0.3 is 0 Å². The van der Waals surface area contributed by atoms with Gasteiger partial charge in [0.2, 0.25) is 0 Å². The predicted octanol–water partition coefficient (Wildman–Crippen LogP) is 4.53. The van der Waals surface area contributed by atoms with E-state index in [1.54, 1.807) is 6.07 Å². The summed E-state index contributed by atoms with van der Waals surface area (Å²) in [5, 5.41) is 0. The van der Waals surface area contributed by atoms with Crippen LogP contribution in [0.15, 0.2) is 36.4 Å². The SMILES string of the molecule is CCOc1cccc2c1[nH]c(=S)n2-c1cc(F)ccc1C. The molecule has 1 aromatic heterocycles. The van der Waals surface area contributed by atoms with Crippen molar-refractivity contribution in [2.24, 2.45) is 0 Å². The number of hydrogen-bond donors (Lipinski definition) is 1. The fourth-order valence-corrected chi connectivity index (χ4v) is 2.74. The summed E-state index contributed by atoms with van der Waals surface area (Å²) < 4.78 is 21.6. The molecule has 0 spiro atoms. The summed E-state index contributed by atoms with van der Waals surface area (Å²) >= 11 is 5.41. The predicted molar refractivity (Wildman–Crippen MR) is 84.3 cm³/mol. The Kier molecular flexibility index (Phi) is 3.51. The summed E-state index contributed by atoms with van der Waals surface area (Å²) in [4.78, 5) is 3.16. The quantitative estimate of drug-likeness (QED) is 0.720. The number of hydrogen-bond acceptors (Lipinski definition) is 2. The molecule has 3 aromatic rings. The molecule has 0 amide bonds. The first-order chi connectivity index (χ1) is 10.1. The van der Waals surface area contributed by atoms with Crippen molar-refractivity contribution >= 4 is 23.3 Å². The van der Waals surface area contributed by atoms with Crippen molar-refractivity contribution < 1.29 is 9.13 Å². The van der Waals surface area contributed by atoms with Crippen molar-refractivity contribution in [1.29, 1.82) is 0 Å². The zero-order valence-electron chi connectivity index (χ0n) is 11.8. The summed E-state index contributed by atoms with van der Waals surface area (Å²) in [6.45, 7) is 4.44. The fourth-order valence-electron chi connectivity index (χ4n) is 2.44. The van der Waals surface area contributed by atoms with Gasteiger partial charge in [-0.15, -0.1) is 0 Å². The molecule has 5 heteroatoms. The number of para-hydroxylation sites is 1. The molecule has 0 radical (unpaired) electrons. The number of aromatic nitrogens is 2. The third-order valence-electron chi connectivity index (χ3n) is 3.39. The maximum Gasteiger partial charge on any atom is 0.182 e. The normalized spacial score (nSPS) is 11.0. The van der Waals surface area contributed by atoms with Gasteiger partial charge in [0, 0.05) is 0 Å². The average molecular weight is 302 g/mol. The van der Waals surface area contributed by atoms with Gasteiger partial charge in [-0.2, -0.15) is 0 Å². The summed E-state index contributed by atoms with van der Waals surface area (Å²) in [6.07, 6.45) is 0. The maximum atomic E-state index is 13.6. The van der Waals surface area contributed by atoms with Gasteiger partial charge in [-0.1, -0.05) is 12.1 Å². The minimum atomic E-state index is -0.284. The van der Waals surface area contributed by atoms with E-state index in [0.717, 1.165) is 28.0 Å². The minimum absolute atomic E-state index is 0.284. The largest absolute Gasteiger partial charge is 0.492 e. The van der Waals surface area contributed by atoms with Crippen LogP contribution in [0.4, 0.5) is 4.39 Å². The highest BCUT2D eigenvalue weighted by atomic mass is 32.1. The zero-order valence-corrected chi connectivity index (χ0v) is 12.6. The van der Waals surface area contributed by atoms with Crippen LogP contribution < -0.4 is 4.74 Å². The molecule has 3 nitrogen and oxygen atoms in total. The molecule has 0 fully saturated rings. The van der Waals surface area contributed by atoms with Crippen molar-refractivity contribution in [2.45, 2.75) is 13.8 Å². The number of benzene rings is 2. The van der Waals surface area contributed by atoms with Crippen molar-refractivity contribution in [3.8, 4) is 11.4 Å². The van der Waals surface area contributed by atoms with Crippen molar-refractivity contribution in [2.75, 3.05) is 6.61 Å². The Morgan fingerprint density at radius 1 is 1.29 bits per heavy atom. The molecule has 0 aliphatic carbocycles. The second-order valence-corrected chi connectivity index (χ2v) is 5.17. The Hall–Kier alpha value is -2.14. The van der Waals surface area contributed by atoms with E-state index >= 15 is 0 Å². The second kappa shape index (κ2) is 5.33. The van der Waals surface area contributed by atoms with E-state index in [9.17, 15) is 4.39 Å². The number of ether oxygens (including phenoxy) is 1. The Balaban J connectivity index is 2.33. The first-order valence-corrected chi connectivity index (χ1v) is 7.15. The molecule has 3 rings (SSSR count). The van der Waals surface area contributed by atoms with Crippen LogP contribution >= 0.6 is 12.2 Å². The number of H-pyrrole nitrogens is 1. The molecule has 0 unspecified atom stereocenters. The lowest BCUT2D eigenvalue weighted by atomic mass is 10.2.